The fourth-order valence-electron chi connectivity index (χ4n) is 6.79. The number of sulfonamides is 1. The largest absolute Gasteiger partial charge is 0.495 e. The van der Waals surface area contributed by atoms with Crippen LogP contribution < -0.4 is 19.5 Å². The molecule has 1 aliphatic carbocycles. The van der Waals surface area contributed by atoms with Crippen LogP contribution in [0, 0.1) is 0 Å². The zero-order chi connectivity index (χ0) is 25.1. The normalized spacial score (nSPS) is 26.6. The number of carbonyl (C=O) groups is 1. The smallest absolute Gasteiger partial charge is 0.265 e. The van der Waals surface area contributed by atoms with Crippen molar-refractivity contribution in [2.24, 2.45) is 0 Å². The fourth-order valence-corrected chi connectivity index (χ4v) is 8.00. The molecule has 36 heavy (non-hydrogen) atoms. The summed E-state index contributed by atoms with van der Waals surface area (Å²) >= 11 is 0. The first kappa shape index (κ1) is 23.6. The number of benzene rings is 2. The summed E-state index contributed by atoms with van der Waals surface area (Å²) in [5, 5.41) is 3.10. The van der Waals surface area contributed by atoms with Crippen LogP contribution in [0.2, 0.25) is 0 Å². The number of fused-ring (bicyclic) bond motifs is 4. The molecule has 2 bridgehead atoms. The predicted molar refractivity (Wildman–Crippen MR) is 137 cm³/mol. The van der Waals surface area contributed by atoms with Crippen molar-refractivity contribution in [1.82, 2.24) is 4.90 Å². The van der Waals surface area contributed by atoms with Crippen LogP contribution in [0.15, 0.2) is 41.3 Å². The van der Waals surface area contributed by atoms with Crippen LogP contribution in [0.1, 0.15) is 56.9 Å². The second-order valence-corrected chi connectivity index (χ2v) is 12.3. The van der Waals surface area contributed by atoms with E-state index >= 15 is 0 Å². The Morgan fingerprint density at radius 1 is 1.06 bits per heavy atom. The lowest BCUT2D eigenvalue weighted by Gasteiger charge is -2.36. The first-order valence-corrected chi connectivity index (χ1v) is 14.3. The van der Waals surface area contributed by atoms with Gasteiger partial charge in [-0.15, -0.1) is 0 Å². The number of nitrogens with one attached hydrogen (secondary N) is 2. The van der Waals surface area contributed by atoms with Crippen molar-refractivity contribution in [1.29, 1.82) is 0 Å². The van der Waals surface area contributed by atoms with Gasteiger partial charge < -0.3 is 19.7 Å². The van der Waals surface area contributed by atoms with Crippen molar-refractivity contribution in [3.05, 3.63) is 42.0 Å². The predicted octanol–water partition coefficient (Wildman–Crippen LogP) is 4.26. The van der Waals surface area contributed by atoms with Gasteiger partial charge >= 0.3 is 0 Å². The molecule has 1 saturated carbocycles. The second-order valence-electron chi connectivity index (χ2n) is 10.7. The molecule has 2 aromatic rings. The molecule has 2 N–H and O–H groups in total. The lowest BCUT2D eigenvalue weighted by Crippen LogP contribution is -2.43. The van der Waals surface area contributed by atoms with E-state index in [4.69, 9.17) is 9.47 Å². The Labute approximate surface area is 212 Å². The van der Waals surface area contributed by atoms with E-state index in [0.29, 0.717) is 29.2 Å². The highest BCUT2D eigenvalue weighted by atomic mass is 32.2. The molecule has 2 aromatic carbocycles. The maximum atomic E-state index is 13.4. The average Bonchev–Trinajstić information content (AvgIpc) is 3.50. The van der Waals surface area contributed by atoms with Gasteiger partial charge in [0.2, 0.25) is 5.91 Å². The molecular formula is C27H33N3O5S. The van der Waals surface area contributed by atoms with E-state index in [-0.39, 0.29) is 22.7 Å². The number of nitrogens with zero attached hydrogens (tertiary/aromatic N) is 1. The monoisotopic (exact) mass is 511 g/mol. The van der Waals surface area contributed by atoms with Gasteiger partial charge in [-0.25, -0.2) is 8.42 Å². The summed E-state index contributed by atoms with van der Waals surface area (Å²) in [6, 6.07) is 11.1. The first-order valence-electron chi connectivity index (χ1n) is 12.9. The summed E-state index contributed by atoms with van der Waals surface area (Å²) < 4.78 is 41.4. The van der Waals surface area contributed by atoms with Crippen molar-refractivity contribution >= 4 is 27.3 Å². The van der Waals surface area contributed by atoms with Crippen LogP contribution in [0.5, 0.6) is 11.5 Å². The third-order valence-electron chi connectivity index (χ3n) is 8.71. The van der Waals surface area contributed by atoms with Gasteiger partial charge in [0, 0.05) is 18.2 Å². The van der Waals surface area contributed by atoms with Gasteiger partial charge in [-0.1, -0.05) is 25.0 Å². The molecule has 0 radical (unpaired) electrons. The van der Waals surface area contributed by atoms with E-state index in [1.54, 1.807) is 24.3 Å². The minimum absolute atomic E-state index is 0.00645. The Morgan fingerprint density at radius 3 is 2.44 bits per heavy atom. The Bertz CT molecular complexity index is 1290. The molecule has 1 amide bonds. The Kier molecular flexibility index (Phi) is 5.68. The molecule has 2 saturated heterocycles. The van der Waals surface area contributed by atoms with Gasteiger partial charge in [0.15, 0.2) is 0 Å². The summed E-state index contributed by atoms with van der Waals surface area (Å²) in [6.07, 6.45) is 7.70. The number of anilines is 2. The molecule has 3 fully saturated rings. The lowest BCUT2D eigenvalue weighted by atomic mass is 9.80. The number of ether oxygens (including phenoxy) is 2. The van der Waals surface area contributed by atoms with Crippen molar-refractivity contribution in [3.8, 4) is 11.5 Å². The standard InChI is InChI=1S/C27H33N3O5S/c1-30-18-9-10-19(30)16-20(15-18)35-23-14-17(29-36(32,33)24-8-4-3-7-22(24)34-2)13-21-25(23)28-26(31)27(21)11-5-6-12-27/h3-4,7-8,13-14,18-20,29H,5-6,9-12,15-16H2,1-2H3,(H,28,31). The van der Waals surface area contributed by atoms with Gasteiger partial charge in [0.05, 0.1) is 23.9 Å². The number of rotatable bonds is 6. The Morgan fingerprint density at radius 2 is 1.75 bits per heavy atom. The summed E-state index contributed by atoms with van der Waals surface area (Å²) in [7, 11) is -0.291. The Balaban J connectivity index is 1.38. The van der Waals surface area contributed by atoms with Crippen LogP contribution >= 0.6 is 0 Å². The number of hydrogen-bond donors (Lipinski definition) is 2. The molecular weight excluding hydrogens is 478 g/mol. The minimum atomic E-state index is -3.93. The third kappa shape index (κ3) is 3.75. The van der Waals surface area contributed by atoms with Crippen molar-refractivity contribution in [3.63, 3.8) is 0 Å². The van der Waals surface area contributed by atoms with Crippen molar-refractivity contribution in [2.45, 2.75) is 79.9 Å². The van der Waals surface area contributed by atoms with E-state index in [2.05, 4.69) is 22.0 Å². The highest BCUT2D eigenvalue weighted by Gasteiger charge is 2.50. The number of piperidine rings is 1. The zero-order valence-electron chi connectivity index (χ0n) is 20.7. The molecule has 4 aliphatic rings. The van der Waals surface area contributed by atoms with Crippen LogP contribution in [-0.2, 0) is 20.2 Å². The zero-order valence-corrected chi connectivity index (χ0v) is 21.6. The molecule has 0 aromatic heterocycles. The summed E-state index contributed by atoms with van der Waals surface area (Å²) in [6.45, 7) is 0. The Hall–Kier alpha value is -2.78. The second kappa shape index (κ2) is 8.66. The van der Waals surface area contributed by atoms with Gasteiger partial charge in [-0.05, 0) is 69.3 Å². The number of hydrogen-bond acceptors (Lipinski definition) is 6. The maximum absolute atomic E-state index is 13.4. The molecule has 192 valence electrons. The molecule has 8 nitrogen and oxygen atoms in total. The molecule has 1 spiro atoms. The van der Waals surface area contributed by atoms with Crippen molar-refractivity contribution < 1.29 is 22.7 Å². The van der Waals surface area contributed by atoms with Crippen molar-refractivity contribution in [2.75, 3.05) is 24.2 Å². The fraction of sp³-hybridized carbons (Fsp3) is 0.519. The number of methoxy groups -OCH3 is 1. The number of para-hydroxylation sites is 1. The van der Waals surface area contributed by atoms with Gasteiger partial charge in [0.1, 0.15) is 22.5 Å². The number of amides is 1. The molecule has 6 rings (SSSR count). The van der Waals surface area contributed by atoms with Gasteiger partial charge in [-0.2, -0.15) is 0 Å². The minimum Gasteiger partial charge on any atom is -0.495 e. The highest BCUT2D eigenvalue weighted by molar-refractivity contribution is 7.92. The van der Waals surface area contributed by atoms with E-state index in [1.165, 1.54) is 26.0 Å². The van der Waals surface area contributed by atoms with E-state index in [1.807, 2.05) is 6.07 Å². The van der Waals surface area contributed by atoms with Crippen LogP contribution in [0.25, 0.3) is 0 Å². The summed E-state index contributed by atoms with van der Waals surface area (Å²) in [5.74, 6) is 0.817. The molecule has 3 aliphatic heterocycles. The van der Waals surface area contributed by atoms with Crippen LogP contribution in [-0.4, -0.2) is 51.6 Å². The maximum Gasteiger partial charge on any atom is 0.265 e. The molecule has 9 heteroatoms. The SMILES string of the molecule is COc1ccccc1S(=O)(=O)Nc1cc(OC2CC3CCC(C2)N3C)c2c(c1)C1(CCCC1)C(=O)N2. The molecule has 2 unspecified atom stereocenters. The third-order valence-corrected chi connectivity index (χ3v) is 10.1. The van der Waals surface area contributed by atoms with Gasteiger partial charge in [-0.3, -0.25) is 9.52 Å². The average molecular weight is 512 g/mol. The van der Waals surface area contributed by atoms with Crippen LogP contribution in [0.3, 0.4) is 0 Å². The van der Waals surface area contributed by atoms with E-state index < -0.39 is 15.4 Å². The van der Waals surface area contributed by atoms with E-state index in [0.717, 1.165) is 44.1 Å². The van der Waals surface area contributed by atoms with Crippen LogP contribution in [0.4, 0.5) is 11.4 Å². The summed E-state index contributed by atoms with van der Waals surface area (Å²) in [4.78, 5) is 15.7. The molecule has 2 atom stereocenters. The topological polar surface area (TPSA) is 97.0 Å². The quantitative estimate of drug-likeness (QED) is 0.602. The van der Waals surface area contributed by atoms with E-state index in [9.17, 15) is 13.2 Å². The van der Waals surface area contributed by atoms with Gasteiger partial charge in [0.25, 0.3) is 10.0 Å². The lowest BCUT2D eigenvalue weighted by molar-refractivity contribution is -0.120. The summed E-state index contributed by atoms with van der Waals surface area (Å²) in [5.41, 5.74) is 1.32. The number of carbonyl (C=O) groups excluding carboxylic acids is 1. The highest BCUT2D eigenvalue weighted by Crippen LogP contribution is 2.53. The molecule has 3 heterocycles. The first-order chi connectivity index (χ1) is 17.3.